The van der Waals surface area contributed by atoms with E-state index < -0.39 is 0 Å². The standard InChI is InChI=1S/C16H22N2S/c1-3-4-10-15(14-8-6-5-7-9-14)18-13(2)16-17-11-12-19-16/h5-9,11-13,15,18H,3-4,10H2,1-2H3. The van der Waals surface area contributed by atoms with Crippen LogP contribution in [0.4, 0.5) is 0 Å². The Kier molecular flexibility index (Phi) is 5.55. The van der Waals surface area contributed by atoms with Crippen molar-refractivity contribution in [1.29, 1.82) is 0 Å². The first-order chi connectivity index (χ1) is 9.31. The Bertz CT molecular complexity index is 453. The van der Waals surface area contributed by atoms with Gasteiger partial charge in [-0.15, -0.1) is 11.3 Å². The lowest BCUT2D eigenvalue weighted by atomic mass is 10.0. The molecule has 0 fully saturated rings. The van der Waals surface area contributed by atoms with Gasteiger partial charge in [0.1, 0.15) is 5.01 Å². The van der Waals surface area contributed by atoms with Gasteiger partial charge < -0.3 is 5.32 Å². The Morgan fingerprint density at radius 3 is 2.68 bits per heavy atom. The van der Waals surface area contributed by atoms with Crippen LogP contribution < -0.4 is 5.32 Å². The van der Waals surface area contributed by atoms with Crippen LogP contribution in [0, 0.1) is 0 Å². The van der Waals surface area contributed by atoms with Crippen molar-refractivity contribution in [3.8, 4) is 0 Å². The van der Waals surface area contributed by atoms with Gasteiger partial charge in [-0.1, -0.05) is 50.1 Å². The molecule has 102 valence electrons. The van der Waals surface area contributed by atoms with Crippen LogP contribution >= 0.6 is 11.3 Å². The lowest BCUT2D eigenvalue weighted by molar-refractivity contribution is 0.430. The maximum Gasteiger partial charge on any atom is 0.109 e. The molecule has 0 radical (unpaired) electrons. The van der Waals surface area contributed by atoms with Crippen LogP contribution in [0.25, 0.3) is 0 Å². The van der Waals surface area contributed by atoms with E-state index >= 15 is 0 Å². The second-order valence-corrected chi connectivity index (χ2v) is 5.79. The lowest BCUT2D eigenvalue weighted by Gasteiger charge is -2.22. The summed E-state index contributed by atoms with van der Waals surface area (Å²) in [4.78, 5) is 4.40. The summed E-state index contributed by atoms with van der Waals surface area (Å²) in [6.07, 6.45) is 5.53. The molecule has 1 aromatic carbocycles. The number of unbranched alkanes of at least 4 members (excludes halogenated alkanes) is 1. The van der Waals surface area contributed by atoms with Crippen molar-refractivity contribution in [3.05, 3.63) is 52.5 Å². The van der Waals surface area contributed by atoms with Crippen LogP contribution in [-0.2, 0) is 0 Å². The van der Waals surface area contributed by atoms with E-state index in [0.717, 1.165) is 5.01 Å². The molecule has 0 aliphatic heterocycles. The Morgan fingerprint density at radius 2 is 2.05 bits per heavy atom. The number of aromatic nitrogens is 1. The van der Waals surface area contributed by atoms with Gasteiger partial charge in [0.15, 0.2) is 0 Å². The summed E-state index contributed by atoms with van der Waals surface area (Å²) in [5.74, 6) is 0. The van der Waals surface area contributed by atoms with E-state index in [2.05, 4.69) is 54.5 Å². The number of thiazole rings is 1. The Balaban J connectivity index is 2.05. The number of hydrogen-bond acceptors (Lipinski definition) is 3. The van der Waals surface area contributed by atoms with E-state index in [4.69, 9.17) is 0 Å². The fourth-order valence-corrected chi connectivity index (χ4v) is 2.92. The molecule has 0 bridgehead atoms. The van der Waals surface area contributed by atoms with Crippen molar-refractivity contribution in [2.45, 2.75) is 45.2 Å². The van der Waals surface area contributed by atoms with Crippen molar-refractivity contribution in [3.63, 3.8) is 0 Å². The van der Waals surface area contributed by atoms with E-state index in [0.29, 0.717) is 12.1 Å². The summed E-state index contributed by atoms with van der Waals surface area (Å²) in [7, 11) is 0. The van der Waals surface area contributed by atoms with E-state index in [1.165, 1.54) is 24.8 Å². The predicted octanol–water partition coefficient (Wildman–Crippen LogP) is 4.73. The molecule has 19 heavy (non-hydrogen) atoms. The first kappa shape index (κ1) is 14.2. The van der Waals surface area contributed by atoms with Crippen LogP contribution in [-0.4, -0.2) is 4.98 Å². The summed E-state index contributed by atoms with van der Waals surface area (Å²) in [6, 6.07) is 11.4. The molecule has 2 atom stereocenters. The summed E-state index contributed by atoms with van der Waals surface area (Å²) in [6.45, 7) is 4.44. The highest BCUT2D eigenvalue weighted by Crippen LogP contribution is 2.24. The fraction of sp³-hybridized carbons (Fsp3) is 0.438. The molecule has 1 heterocycles. The third-order valence-electron chi connectivity index (χ3n) is 3.32. The molecule has 0 spiro atoms. The van der Waals surface area contributed by atoms with Gasteiger partial charge in [0.05, 0.1) is 6.04 Å². The van der Waals surface area contributed by atoms with Crippen molar-refractivity contribution in [2.24, 2.45) is 0 Å². The van der Waals surface area contributed by atoms with Crippen molar-refractivity contribution in [1.82, 2.24) is 10.3 Å². The molecule has 3 heteroatoms. The number of nitrogens with zero attached hydrogens (tertiary/aromatic N) is 1. The van der Waals surface area contributed by atoms with Gasteiger partial charge in [0, 0.05) is 17.6 Å². The zero-order valence-corrected chi connectivity index (χ0v) is 12.5. The lowest BCUT2D eigenvalue weighted by Crippen LogP contribution is -2.24. The van der Waals surface area contributed by atoms with Gasteiger partial charge in [-0.3, -0.25) is 0 Å². The van der Waals surface area contributed by atoms with Crippen molar-refractivity contribution < 1.29 is 0 Å². The Labute approximate surface area is 119 Å². The molecule has 2 aromatic rings. The van der Waals surface area contributed by atoms with Gasteiger partial charge in [0.25, 0.3) is 0 Å². The van der Waals surface area contributed by atoms with Crippen molar-refractivity contribution in [2.75, 3.05) is 0 Å². The van der Waals surface area contributed by atoms with E-state index in [1.807, 2.05) is 11.6 Å². The molecule has 2 rings (SSSR count). The van der Waals surface area contributed by atoms with Crippen LogP contribution in [0.15, 0.2) is 41.9 Å². The van der Waals surface area contributed by atoms with E-state index in [1.54, 1.807) is 11.3 Å². The number of benzene rings is 1. The van der Waals surface area contributed by atoms with Crippen LogP contribution in [0.3, 0.4) is 0 Å². The average molecular weight is 274 g/mol. The monoisotopic (exact) mass is 274 g/mol. The Morgan fingerprint density at radius 1 is 1.26 bits per heavy atom. The predicted molar refractivity (Wildman–Crippen MR) is 82.4 cm³/mol. The van der Waals surface area contributed by atoms with Crippen LogP contribution in [0.5, 0.6) is 0 Å². The molecule has 0 aliphatic rings. The summed E-state index contributed by atoms with van der Waals surface area (Å²) in [5, 5.41) is 6.92. The third-order valence-corrected chi connectivity index (χ3v) is 4.28. The molecule has 0 saturated carbocycles. The van der Waals surface area contributed by atoms with Crippen LogP contribution in [0.2, 0.25) is 0 Å². The van der Waals surface area contributed by atoms with E-state index in [-0.39, 0.29) is 0 Å². The molecular weight excluding hydrogens is 252 g/mol. The smallest absolute Gasteiger partial charge is 0.109 e. The minimum Gasteiger partial charge on any atom is -0.301 e. The topological polar surface area (TPSA) is 24.9 Å². The maximum atomic E-state index is 4.40. The summed E-state index contributed by atoms with van der Waals surface area (Å²) >= 11 is 1.72. The normalized spacial score (nSPS) is 14.2. The largest absolute Gasteiger partial charge is 0.301 e. The molecule has 0 amide bonds. The molecular formula is C16H22N2S. The second-order valence-electron chi connectivity index (χ2n) is 4.86. The molecule has 2 nitrogen and oxygen atoms in total. The SMILES string of the molecule is CCCCC(NC(C)c1nccs1)c1ccccc1. The summed E-state index contributed by atoms with van der Waals surface area (Å²) < 4.78 is 0. The molecule has 2 unspecified atom stereocenters. The minimum absolute atomic E-state index is 0.307. The maximum absolute atomic E-state index is 4.40. The summed E-state index contributed by atoms with van der Waals surface area (Å²) in [5.41, 5.74) is 1.37. The molecule has 0 aliphatic carbocycles. The highest BCUT2D eigenvalue weighted by atomic mass is 32.1. The first-order valence-corrected chi connectivity index (χ1v) is 7.89. The average Bonchev–Trinajstić information content (AvgIpc) is 2.98. The van der Waals surface area contributed by atoms with Crippen LogP contribution in [0.1, 0.15) is 55.8 Å². The fourth-order valence-electron chi connectivity index (χ4n) is 2.26. The van der Waals surface area contributed by atoms with Gasteiger partial charge in [-0.25, -0.2) is 4.98 Å². The highest BCUT2D eigenvalue weighted by Gasteiger charge is 2.16. The molecule has 1 N–H and O–H groups in total. The Hall–Kier alpha value is -1.19. The van der Waals surface area contributed by atoms with E-state index in [9.17, 15) is 0 Å². The molecule has 0 saturated heterocycles. The number of hydrogen-bond donors (Lipinski definition) is 1. The van der Waals surface area contributed by atoms with Gasteiger partial charge in [0.2, 0.25) is 0 Å². The number of rotatable bonds is 7. The third kappa shape index (κ3) is 4.15. The van der Waals surface area contributed by atoms with Crippen molar-refractivity contribution >= 4 is 11.3 Å². The quantitative estimate of drug-likeness (QED) is 0.790. The first-order valence-electron chi connectivity index (χ1n) is 7.01. The number of nitrogens with one attached hydrogen (secondary N) is 1. The zero-order valence-electron chi connectivity index (χ0n) is 11.7. The second kappa shape index (κ2) is 7.41. The van der Waals surface area contributed by atoms with Gasteiger partial charge in [-0.05, 0) is 18.9 Å². The highest BCUT2D eigenvalue weighted by molar-refractivity contribution is 7.09. The minimum atomic E-state index is 0.307. The molecule has 1 aromatic heterocycles. The van der Waals surface area contributed by atoms with Gasteiger partial charge >= 0.3 is 0 Å². The zero-order chi connectivity index (χ0) is 13.5. The van der Waals surface area contributed by atoms with Gasteiger partial charge in [-0.2, -0.15) is 0 Å².